The molecule has 0 heterocycles. The Kier molecular flexibility index (Phi) is 8.99. The van der Waals surface area contributed by atoms with Crippen LogP contribution < -0.4 is 5.73 Å². The minimum atomic E-state index is -0.144. The topological polar surface area (TPSA) is 26.0 Å². The second-order valence-electron chi connectivity index (χ2n) is 0.924. The maximum absolute atomic E-state index is 5.24. The van der Waals surface area contributed by atoms with Gasteiger partial charge in [0, 0.05) is 0 Å². The Morgan fingerprint density at radius 3 is 2.00 bits per heavy atom. The summed E-state index contributed by atoms with van der Waals surface area (Å²) in [6, 6.07) is 0. The maximum atomic E-state index is 5.24. The molecule has 0 radical (unpaired) electrons. The third-order valence-corrected chi connectivity index (χ3v) is 0.699. The zero-order valence-corrected chi connectivity index (χ0v) is 5.22. The van der Waals surface area contributed by atoms with E-state index in [4.69, 9.17) is 17.3 Å². The van der Waals surface area contributed by atoms with Crippen molar-refractivity contribution in [1.82, 2.24) is 0 Å². The Morgan fingerprint density at radius 1 is 1.83 bits per heavy atom. The second-order valence-corrected chi connectivity index (χ2v) is 1.48. The molecule has 0 fully saturated rings. The molecule has 1 nitrogen and oxygen atoms in total. The molecule has 0 aromatic carbocycles. The molecule has 0 spiro atoms. The SMILES string of the molecule is CCC(N)Cl.Cl. The van der Waals surface area contributed by atoms with E-state index in [2.05, 4.69) is 0 Å². The summed E-state index contributed by atoms with van der Waals surface area (Å²) < 4.78 is 0. The van der Waals surface area contributed by atoms with Crippen LogP contribution in [0.1, 0.15) is 13.3 Å². The fourth-order valence-corrected chi connectivity index (χ4v) is 0. The first-order valence-electron chi connectivity index (χ1n) is 1.67. The molecule has 0 aliphatic heterocycles. The molecule has 0 amide bonds. The number of alkyl halides is 1. The van der Waals surface area contributed by atoms with Gasteiger partial charge < -0.3 is 5.73 Å². The minimum absolute atomic E-state index is 0. The summed E-state index contributed by atoms with van der Waals surface area (Å²) >= 11 is 5.24. The van der Waals surface area contributed by atoms with Gasteiger partial charge in [0.25, 0.3) is 0 Å². The van der Waals surface area contributed by atoms with Crippen molar-refractivity contribution < 1.29 is 0 Å². The smallest absolute Gasteiger partial charge is 0.0797 e. The molecule has 0 aliphatic carbocycles. The fourth-order valence-electron chi connectivity index (χ4n) is 0. The predicted molar refractivity (Wildman–Crippen MR) is 31.4 cm³/mol. The van der Waals surface area contributed by atoms with E-state index in [9.17, 15) is 0 Å². The van der Waals surface area contributed by atoms with Crippen LogP contribution in [0.2, 0.25) is 0 Å². The number of halogens is 2. The van der Waals surface area contributed by atoms with E-state index in [1.165, 1.54) is 0 Å². The Balaban J connectivity index is 0. The normalized spacial score (nSPS) is 12.5. The van der Waals surface area contributed by atoms with E-state index in [-0.39, 0.29) is 17.9 Å². The Labute approximate surface area is 49.3 Å². The Hall–Kier alpha value is 0.540. The molecule has 2 N–H and O–H groups in total. The van der Waals surface area contributed by atoms with Gasteiger partial charge in [0.05, 0.1) is 5.50 Å². The van der Waals surface area contributed by atoms with Crippen LogP contribution in [0, 0.1) is 0 Å². The quantitative estimate of drug-likeness (QED) is 0.420. The summed E-state index contributed by atoms with van der Waals surface area (Å²) in [6.07, 6.45) is 0.849. The van der Waals surface area contributed by atoms with Gasteiger partial charge in [-0.3, -0.25) is 0 Å². The average Bonchev–Trinajstić information content (AvgIpc) is 1.38. The first-order chi connectivity index (χ1) is 2.27. The molecule has 0 rings (SSSR count). The fraction of sp³-hybridized carbons (Fsp3) is 1.00. The molecule has 1 unspecified atom stereocenters. The van der Waals surface area contributed by atoms with Crippen LogP contribution in [0.3, 0.4) is 0 Å². The van der Waals surface area contributed by atoms with Crippen molar-refractivity contribution in [1.29, 1.82) is 0 Å². The second kappa shape index (κ2) is 5.54. The summed E-state index contributed by atoms with van der Waals surface area (Å²) in [5.74, 6) is 0. The number of nitrogens with two attached hydrogens (primary N) is 1. The Bertz CT molecular complexity index is 22.8. The summed E-state index contributed by atoms with van der Waals surface area (Å²) in [7, 11) is 0. The van der Waals surface area contributed by atoms with Gasteiger partial charge in [0.1, 0.15) is 0 Å². The van der Waals surface area contributed by atoms with Gasteiger partial charge in [-0.05, 0) is 6.42 Å². The number of rotatable bonds is 1. The lowest BCUT2D eigenvalue weighted by Crippen LogP contribution is -2.08. The molecule has 0 aromatic rings. The minimum Gasteiger partial charge on any atom is -0.315 e. The molecule has 0 aliphatic rings. The van der Waals surface area contributed by atoms with Gasteiger partial charge in [0.2, 0.25) is 0 Å². The zero-order valence-electron chi connectivity index (χ0n) is 3.65. The van der Waals surface area contributed by atoms with Gasteiger partial charge in [-0.1, -0.05) is 6.92 Å². The first kappa shape index (κ1) is 9.74. The third-order valence-electron chi connectivity index (χ3n) is 0.390. The molecule has 40 valence electrons. The summed E-state index contributed by atoms with van der Waals surface area (Å²) in [6.45, 7) is 1.94. The monoisotopic (exact) mass is 129 g/mol. The van der Waals surface area contributed by atoms with Crippen LogP contribution in [-0.4, -0.2) is 5.50 Å². The molecule has 0 saturated carbocycles. The van der Waals surface area contributed by atoms with Crippen LogP contribution in [0.25, 0.3) is 0 Å². The number of hydrogen-bond donors (Lipinski definition) is 1. The van der Waals surface area contributed by atoms with Gasteiger partial charge in [-0.25, -0.2) is 0 Å². The van der Waals surface area contributed by atoms with Crippen molar-refractivity contribution >= 4 is 24.0 Å². The first-order valence-corrected chi connectivity index (χ1v) is 2.10. The van der Waals surface area contributed by atoms with E-state index in [1.54, 1.807) is 0 Å². The summed E-state index contributed by atoms with van der Waals surface area (Å²) in [4.78, 5) is 0. The van der Waals surface area contributed by atoms with Crippen molar-refractivity contribution in [2.75, 3.05) is 0 Å². The van der Waals surface area contributed by atoms with Crippen molar-refractivity contribution in [2.24, 2.45) is 5.73 Å². The molecule has 3 heteroatoms. The van der Waals surface area contributed by atoms with E-state index in [0.717, 1.165) is 6.42 Å². The molecule has 0 bridgehead atoms. The molecule has 1 atom stereocenters. The van der Waals surface area contributed by atoms with Crippen LogP contribution >= 0.6 is 24.0 Å². The van der Waals surface area contributed by atoms with Gasteiger partial charge in [-0.2, -0.15) is 0 Å². The highest BCUT2D eigenvalue weighted by Crippen LogP contribution is 1.87. The van der Waals surface area contributed by atoms with E-state index in [1.807, 2.05) is 6.92 Å². The number of hydrogen-bond acceptors (Lipinski definition) is 1. The Morgan fingerprint density at radius 2 is 2.00 bits per heavy atom. The van der Waals surface area contributed by atoms with E-state index in [0.29, 0.717) is 0 Å². The van der Waals surface area contributed by atoms with Crippen LogP contribution in [0.4, 0.5) is 0 Å². The molecular formula is C3H9Cl2N. The van der Waals surface area contributed by atoms with E-state index < -0.39 is 0 Å². The van der Waals surface area contributed by atoms with Crippen molar-refractivity contribution in [3.05, 3.63) is 0 Å². The molecule has 0 saturated heterocycles. The largest absolute Gasteiger partial charge is 0.315 e. The lowest BCUT2D eigenvalue weighted by atomic mass is 10.5. The molecule has 6 heavy (non-hydrogen) atoms. The van der Waals surface area contributed by atoms with Crippen LogP contribution in [0.5, 0.6) is 0 Å². The average molecular weight is 130 g/mol. The highest BCUT2D eigenvalue weighted by atomic mass is 35.5. The lowest BCUT2D eigenvalue weighted by molar-refractivity contribution is 0.857. The zero-order chi connectivity index (χ0) is 4.28. The van der Waals surface area contributed by atoms with Crippen molar-refractivity contribution in [3.8, 4) is 0 Å². The van der Waals surface area contributed by atoms with Crippen LogP contribution in [-0.2, 0) is 0 Å². The maximum Gasteiger partial charge on any atom is 0.0797 e. The predicted octanol–water partition coefficient (Wildman–Crippen LogP) is 1.34. The molecule has 0 aromatic heterocycles. The molecular weight excluding hydrogens is 121 g/mol. The van der Waals surface area contributed by atoms with Gasteiger partial charge >= 0.3 is 0 Å². The third kappa shape index (κ3) is 8.82. The highest BCUT2D eigenvalue weighted by Gasteiger charge is 1.82. The van der Waals surface area contributed by atoms with Crippen molar-refractivity contribution in [2.45, 2.75) is 18.8 Å². The lowest BCUT2D eigenvalue weighted by Gasteiger charge is -1.88. The van der Waals surface area contributed by atoms with Gasteiger partial charge in [0.15, 0.2) is 0 Å². The van der Waals surface area contributed by atoms with Crippen molar-refractivity contribution in [3.63, 3.8) is 0 Å². The van der Waals surface area contributed by atoms with E-state index >= 15 is 0 Å². The highest BCUT2D eigenvalue weighted by molar-refractivity contribution is 6.20. The van der Waals surface area contributed by atoms with Crippen LogP contribution in [0.15, 0.2) is 0 Å². The summed E-state index contributed by atoms with van der Waals surface area (Å²) in [5.41, 5.74) is 4.91. The van der Waals surface area contributed by atoms with Gasteiger partial charge in [-0.15, -0.1) is 24.0 Å². The summed E-state index contributed by atoms with van der Waals surface area (Å²) in [5, 5.41) is 0. The standard InChI is InChI=1S/C3H8ClN.ClH/c1-2-3(4)5;/h3H,2,5H2,1H3;1H.